The van der Waals surface area contributed by atoms with Crippen molar-refractivity contribution in [3.05, 3.63) is 35.9 Å². The van der Waals surface area contributed by atoms with Crippen LogP contribution in [0.25, 0.3) is 0 Å². The van der Waals surface area contributed by atoms with Gasteiger partial charge in [0.1, 0.15) is 6.04 Å². The predicted octanol–water partition coefficient (Wildman–Crippen LogP) is 2.07. The van der Waals surface area contributed by atoms with Crippen LogP contribution in [0.2, 0.25) is 0 Å². The van der Waals surface area contributed by atoms with Gasteiger partial charge in [-0.2, -0.15) is 0 Å². The Kier molecular flexibility index (Phi) is 5.34. The second-order valence-corrected chi connectivity index (χ2v) is 7.69. The number of benzene rings is 1. The summed E-state index contributed by atoms with van der Waals surface area (Å²) in [4.78, 5) is 17.5. The monoisotopic (exact) mass is 342 g/mol. The Morgan fingerprint density at radius 2 is 1.64 bits per heavy atom. The summed E-state index contributed by atoms with van der Waals surface area (Å²) in [7, 11) is 0. The van der Waals surface area contributed by atoms with Gasteiger partial charge in [-0.3, -0.25) is 9.69 Å². The minimum Gasteiger partial charge on any atom is -0.339 e. The maximum Gasteiger partial charge on any atom is 0.241 e. The van der Waals surface area contributed by atoms with E-state index in [1.54, 1.807) is 0 Å². The fourth-order valence-electron chi connectivity index (χ4n) is 4.60. The van der Waals surface area contributed by atoms with Crippen LogP contribution in [0.15, 0.2) is 30.3 Å². The number of hydrogen-bond acceptors (Lipinski definition) is 4. The molecule has 2 aliphatic heterocycles. The zero-order chi connectivity index (χ0) is 17.1. The van der Waals surface area contributed by atoms with Crippen LogP contribution in [0.5, 0.6) is 0 Å². The van der Waals surface area contributed by atoms with Crippen LogP contribution in [0.3, 0.4) is 0 Å². The molecule has 1 saturated carbocycles. The first-order valence-corrected chi connectivity index (χ1v) is 9.90. The van der Waals surface area contributed by atoms with Crippen molar-refractivity contribution in [2.45, 2.75) is 56.7 Å². The lowest BCUT2D eigenvalue weighted by atomic mass is 9.94. The Morgan fingerprint density at radius 3 is 2.36 bits per heavy atom. The van der Waals surface area contributed by atoms with Crippen molar-refractivity contribution < 1.29 is 4.79 Å². The van der Waals surface area contributed by atoms with Crippen LogP contribution in [-0.4, -0.2) is 54.0 Å². The molecule has 3 aliphatic rings. The van der Waals surface area contributed by atoms with Crippen molar-refractivity contribution in [3.63, 3.8) is 0 Å². The van der Waals surface area contributed by atoms with Crippen molar-refractivity contribution in [1.82, 2.24) is 20.7 Å². The summed E-state index contributed by atoms with van der Waals surface area (Å²) in [6.07, 6.45) is 7.68. The first-order chi connectivity index (χ1) is 12.3. The first-order valence-electron chi connectivity index (χ1n) is 9.90. The van der Waals surface area contributed by atoms with Crippen molar-refractivity contribution in [2.24, 2.45) is 0 Å². The highest BCUT2D eigenvalue weighted by molar-refractivity contribution is 5.82. The molecule has 0 radical (unpaired) electrons. The van der Waals surface area contributed by atoms with Crippen molar-refractivity contribution in [3.8, 4) is 0 Å². The molecular weight excluding hydrogens is 312 g/mol. The molecule has 0 bridgehead atoms. The minimum absolute atomic E-state index is 0.105. The summed E-state index contributed by atoms with van der Waals surface area (Å²) in [5, 5.41) is 0. The molecule has 5 heteroatoms. The van der Waals surface area contributed by atoms with Crippen LogP contribution in [0.4, 0.5) is 0 Å². The van der Waals surface area contributed by atoms with Crippen molar-refractivity contribution >= 4 is 5.91 Å². The Bertz CT molecular complexity index is 564. The Balaban J connectivity index is 1.28. The van der Waals surface area contributed by atoms with Gasteiger partial charge in [0.15, 0.2) is 0 Å². The van der Waals surface area contributed by atoms with E-state index < -0.39 is 0 Å². The summed E-state index contributed by atoms with van der Waals surface area (Å²) in [5.41, 5.74) is 7.76. The minimum atomic E-state index is -0.105. The average molecular weight is 342 g/mol. The van der Waals surface area contributed by atoms with E-state index in [-0.39, 0.29) is 18.0 Å². The maximum absolute atomic E-state index is 12.9. The lowest BCUT2D eigenvalue weighted by Crippen LogP contribution is -2.55. The smallest absolute Gasteiger partial charge is 0.241 e. The summed E-state index contributed by atoms with van der Waals surface area (Å²) >= 11 is 0. The molecule has 2 N–H and O–H groups in total. The van der Waals surface area contributed by atoms with Gasteiger partial charge in [-0.05, 0) is 24.8 Å². The summed E-state index contributed by atoms with van der Waals surface area (Å²) in [6, 6.07) is 11.3. The highest BCUT2D eigenvalue weighted by Crippen LogP contribution is 2.25. The second kappa shape index (κ2) is 7.85. The average Bonchev–Trinajstić information content (AvgIpc) is 3.19. The molecule has 136 valence electrons. The van der Waals surface area contributed by atoms with Crippen molar-refractivity contribution in [2.75, 3.05) is 26.2 Å². The molecule has 3 fully saturated rings. The first kappa shape index (κ1) is 17.0. The van der Waals surface area contributed by atoms with E-state index in [9.17, 15) is 4.79 Å². The third kappa shape index (κ3) is 3.89. The SMILES string of the molecule is O=C(C1CC(c2ccccc2)NN1)N1CCN(C2CCCCC2)CC1. The van der Waals surface area contributed by atoms with Crippen LogP contribution >= 0.6 is 0 Å². The Morgan fingerprint density at radius 1 is 0.920 bits per heavy atom. The zero-order valence-electron chi connectivity index (χ0n) is 15.0. The molecule has 2 atom stereocenters. The fraction of sp³-hybridized carbons (Fsp3) is 0.650. The van der Waals surface area contributed by atoms with Gasteiger partial charge in [0.2, 0.25) is 5.91 Å². The highest BCUT2D eigenvalue weighted by atomic mass is 16.2. The largest absolute Gasteiger partial charge is 0.339 e. The van der Waals surface area contributed by atoms with E-state index in [1.165, 1.54) is 37.7 Å². The second-order valence-electron chi connectivity index (χ2n) is 7.69. The number of carbonyl (C=O) groups is 1. The number of rotatable bonds is 3. The molecule has 1 aliphatic carbocycles. The van der Waals surface area contributed by atoms with Gasteiger partial charge in [-0.1, -0.05) is 49.6 Å². The molecular formula is C20H30N4O. The van der Waals surface area contributed by atoms with Crippen LogP contribution < -0.4 is 10.9 Å². The highest BCUT2D eigenvalue weighted by Gasteiger charge is 2.34. The van der Waals surface area contributed by atoms with Crippen LogP contribution in [0, 0.1) is 0 Å². The molecule has 25 heavy (non-hydrogen) atoms. The molecule has 0 aromatic heterocycles. The number of nitrogens with zero attached hydrogens (tertiary/aromatic N) is 2. The number of hydrazine groups is 1. The molecule has 1 aromatic rings. The Hall–Kier alpha value is -1.43. The molecule has 4 rings (SSSR count). The standard InChI is InChI=1S/C20H30N4O/c25-20(19-15-18(21-22-19)16-7-3-1-4-8-16)24-13-11-23(12-14-24)17-9-5-2-6-10-17/h1,3-4,7-8,17-19,21-22H,2,5-6,9-15H2. The van der Waals surface area contributed by atoms with E-state index in [1.807, 2.05) is 6.07 Å². The molecule has 1 amide bonds. The third-order valence-electron chi connectivity index (χ3n) is 6.12. The van der Waals surface area contributed by atoms with Crippen LogP contribution in [0.1, 0.15) is 50.1 Å². The lowest BCUT2D eigenvalue weighted by molar-refractivity contribution is -0.135. The van der Waals surface area contributed by atoms with Gasteiger partial charge in [-0.15, -0.1) is 0 Å². The molecule has 0 spiro atoms. The normalized spacial score (nSPS) is 29.0. The fourth-order valence-corrected chi connectivity index (χ4v) is 4.60. The number of amides is 1. The maximum atomic E-state index is 12.9. The molecule has 2 heterocycles. The number of hydrogen-bond donors (Lipinski definition) is 2. The molecule has 2 unspecified atom stereocenters. The van der Waals surface area contributed by atoms with Gasteiger partial charge in [0.25, 0.3) is 0 Å². The van der Waals surface area contributed by atoms with Gasteiger partial charge in [0.05, 0.1) is 0 Å². The zero-order valence-corrected chi connectivity index (χ0v) is 15.0. The van der Waals surface area contributed by atoms with Crippen LogP contribution in [-0.2, 0) is 4.79 Å². The van der Waals surface area contributed by atoms with E-state index >= 15 is 0 Å². The van der Waals surface area contributed by atoms with E-state index in [2.05, 4.69) is 44.9 Å². The number of carbonyl (C=O) groups excluding carboxylic acids is 1. The molecule has 2 saturated heterocycles. The Labute approximate surface area is 150 Å². The summed E-state index contributed by atoms with van der Waals surface area (Å²) < 4.78 is 0. The van der Waals surface area contributed by atoms with Gasteiger partial charge >= 0.3 is 0 Å². The van der Waals surface area contributed by atoms with E-state index in [0.717, 1.165) is 38.6 Å². The third-order valence-corrected chi connectivity index (χ3v) is 6.12. The summed E-state index contributed by atoms with van der Waals surface area (Å²) in [5.74, 6) is 0.259. The van der Waals surface area contributed by atoms with Gasteiger partial charge < -0.3 is 4.90 Å². The topological polar surface area (TPSA) is 47.6 Å². The van der Waals surface area contributed by atoms with Crippen molar-refractivity contribution in [1.29, 1.82) is 0 Å². The quantitative estimate of drug-likeness (QED) is 0.883. The predicted molar refractivity (Wildman–Crippen MR) is 98.9 cm³/mol. The number of nitrogens with one attached hydrogen (secondary N) is 2. The van der Waals surface area contributed by atoms with E-state index in [0.29, 0.717) is 0 Å². The lowest BCUT2D eigenvalue weighted by Gasteiger charge is -2.41. The van der Waals surface area contributed by atoms with Gasteiger partial charge in [0, 0.05) is 38.3 Å². The summed E-state index contributed by atoms with van der Waals surface area (Å²) in [6.45, 7) is 3.84. The number of piperazine rings is 1. The van der Waals surface area contributed by atoms with E-state index in [4.69, 9.17) is 0 Å². The molecule has 5 nitrogen and oxygen atoms in total. The molecule has 1 aromatic carbocycles. The van der Waals surface area contributed by atoms with Gasteiger partial charge in [-0.25, -0.2) is 10.9 Å².